The molecule has 0 spiro atoms. The van der Waals surface area contributed by atoms with Gasteiger partial charge in [0.25, 0.3) is 0 Å². The molecule has 8 nitrogen and oxygen atoms in total. The number of aryl methyl sites for hydroxylation is 1. The van der Waals surface area contributed by atoms with Gasteiger partial charge < -0.3 is 10.1 Å². The van der Waals surface area contributed by atoms with E-state index in [-0.39, 0.29) is 23.3 Å². The molecule has 10 heteroatoms. The summed E-state index contributed by atoms with van der Waals surface area (Å²) in [4.78, 5) is 11.9. The van der Waals surface area contributed by atoms with Crippen molar-refractivity contribution in [2.75, 3.05) is 13.2 Å². The minimum absolute atomic E-state index is 0.0463. The largest absolute Gasteiger partial charge is 0.376 e. The number of sulfonamides is 1. The van der Waals surface area contributed by atoms with Gasteiger partial charge in [0, 0.05) is 19.6 Å². The highest BCUT2D eigenvalue weighted by molar-refractivity contribution is 7.89. The molecule has 0 aromatic heterocycles. The number of benzene rings is 1. The molecule has 1 atom stereocenters. The van der Waals surface area contributed by atoms with Crippen LogP contribution in [0.3, 0.4) is 0 Å². The van der Waals surface area contributed by atoms with Crippen LogP contribution in [0.2, 0.25) is 0 Å². The van der Waals surface area contributed by atoms with E-state index in [2.05, 4.69) is 16.2 Å². The van der Waals surface area contributed by atoms with Gasteiger partial charge in [0.2, 0.25) is 15.9 Å². The Kier molecular flexibility index (Phi) is 7.12. The third-order valence-electron chi connectivity index (χ3n) is 3.72. The SMILES string of the molecule is NS(=O)(=O)c1ccc(CCC(=O)NNC(=S)NCC2CCCO2)cc1. The molecule has 1 amide bonds. The monoisotopic (exact) mass is 386 g/mol. The molecule has 138 valence electrons. The lowest BCUT2D eigenvalue weighted by Crippen LogP contribution is -2.48. The number of hydrogen-bond acceptors (Lipinski definition) is 5. The Morgan fingerprint density at radius 3 is 2.60 bits per heavy atom. The molecule has 0 radical (unpaired) electrons. The second-order valence-corrected chi connectivity index (χ2v) is 7.68. The van der Waals surface area contributed by atoms with Gasteiger partial charge in [-0.3, -0.25) is 15.6 Å². The molecular weight excluding hydrogens is 364 g/mol. The van der Waals surface area contributed by atoms with E-state index in [0.29, 0.717) is 18.1 Å². The molecule has 0 saturated carbocycles. The van der Waals surface area contributed by atoms with Crippen LogP contribution >= 0.6 is 12.2 Å². The third-order valence-corrected chi connectivity index (χ3v) is 4.90. The highest BCUT2D eigenvalue weighted by Crippen LogP contribution is 2.11. The maximum atomic E-state index is 11.8. The van der Waals surface area contributed by atoms with Gasteiger partial charge in [-0.1, -0.05) is 12.1 Å². The highest BCUT2D eigenvalue weighted by Gasteiger charge is 2.15. The summed E-state index contributed by atoms with van der Waals surface area (Å²) in [6.45, 7) is 1.39. The van der Waals surface area contributed by atoms with Crippen molar-refractivity contribution in [2.24, 2.45) is 5.14 Å². The topological polar surface area (TPSA) is 123 Å². The molecule has 1 aromatic carbocycles. The van der Waals surface area contributed by atoms with Crippen LogP contribution in [0.4, 0.5) is 0 Å². The number of amides is 1. The molecule has 1 fully saturated rings. The van der Waals surface area contributed by atoms with Gasteiger partial charge in [0.05, 0.1) is 11.0 Å². The van der Waals surface area contributed by atoms with E-state index in [4.69, 9.17) is 22.1 Å². The van der Waals surface area contributed by atoms with Crippen molar-refractivity contribution >= 4 is 33.3 Å². The number of thiocarbonyl (C=S) groups is 1. The molecule has 1 heterocycles. The highest BCUT2D eigenvalue weighted by atomic mass is 32.2. The first-order valence-corrected chi connectivity index (χ1v) is 9.86. The lowest BCUT2D eigenvalue weighted by molar-refractivity contribution is -0.121. The van der Waals surface area contributed by atoms with Crippen LogP contribution < -0.4 is 21.3 Å². The van der Waals surface area contributed by atoms with Gasteiger partial charge in [-0.05, 0) is 49.2 Å². The number of rotatable bonds is 6. The predicted octanol–water partition coefficient (Wildman–Crippen LogP) is -0.0591. The summed E-state index contributed by atoms with van der Waals surface area (Å²) in [5.74, 6) is -0.225. The number of primary sulfonamides is 1. The maximum Gasteiger partial charge on any atom is 0.238 e. The van der Waals surface area contributed by atoms with Gasteiger partial charge in [-0.2, -0.15) is 0 Å². The summed E-state index contributed by atoms with van der Waals surface area (Å²) in [6, 6.07) is 6.11. The minimum Gasteiger partial charge on any atom is -0.376 e. The summed E-state index contributed by atoms with van der Waals surface area (Å²) in [5, 5.41) is 8.36. The summed E-state index contributed by atoms with van der Waals surface area (Å²) in [7, 11) is -3.70. The molecule has 0 aliphatic carbocycles. The van der Waals surface area contributed by atoms with Gasteiger partial charge >= 0.3 is 0 Å². The lowest BCUT2D eigenvalue weighted by atomic mass is 10.1. The molecule has 1 unspecified atom stereocenters. The standard InChI is InChI=1S/C15H22N4O4S2/c16-25(21,22)13-6-3-11(4-7-13)5-8-14(20)18-19-15(24)17-10-12-2-1-9-23-12/h3-4,6-7,12H,1-2,5,8-10H2,(H,18,20)(H2,16,21,22)(H2,17,19,24). The van der Waals surface area contributed by atoms with Crippen molar-refractivity contribution in [1.29, 1.82) is 0 Å². The number of ether oxygens (including phenoxy) is 1. The lowest BCUT2D eigenvalue weighted by Gasteiger charge is -2.14. The van der Waals surface area contributed by atoms with E-state index in [1.807, 2.05) is 0 Å². The molecule has 1 aliphatic heterocycles. The van der Waals surface area contributed by atoms with E-state index >= 15 is 0 Å². The van der Waals surface area contributed by atoms with Crippen LogP contribution in [0.1, 0.15) is 24.8 Å². The van der Waals surface area contributed by atoms with Gasteiger partial charge in [0.1, 0.15) is 0 Å². The Hall–Kier alpha value is -1.75. The summed E-state index contributed by atoms with van der Waals surface area (Å²) in [6.07, 6.45) is 2.92. The molecular formula is C15H22N4O4S2. The number of nitrogens with one attached hydrogen (secondary N) is 3. The molecule has 25 heavy (non-hydrogen) atoms. The quantitative estimate of drug-likeness (QED) is 0.399. The normalized spacial score (nSPS) is 17.1. The van der Waals surface area contributed by atoms with E-state index in [0.717, 1.165) is 25.0 Å². The predicted molar refractivity (Wildman–Crippen MR) is 97.0 cm³/mol. The van der Waals surface area contributed by atoms with Crippen LogP contribution in [0, 0.1) is 0 Å². The van der Waals surface area contributed by atoms with Gasteiger partial charge in [0.15, 0.2) is 5.11 Å². The van der Waals surface area contributed by atoms with Crippen LogP contribution in [0.15, 0.2) is 29.2 Å². The van der Waals surface area contributed by atoms with E-state index < -0.39 is 10.0 Å². The number of carbonyl (C=O) groups is 1. The average molecular weight is 386 g/mol. The number of carbonyl (C=O) groups excluding carboxylic acids is 1. The van der Waals surface area contributed by atoms with Crippen LogP contribution in [0.25, 0.3) is 0 Å². The van der Waals surface area contributed by atoms with E-state index in [1.165, 1.54) is 12.1 Å². The fraction of sp³-hybridized carbons (Fsp3) is 0.467. The van der Waals surface area contributed by atoms with E-state index in [1.54, 1.807) is 12.1 Å². The van der Waals surface area contributed by atoms with Crippen molar-refractivity contribution in [2.45, 2.75) is 36.7 Å². The zero-order chi connectivity index (χ0) is 18.3. The summed E-state index contributed by atoms with van der Waals surface area (Å²) < 4.78 is 27.8. The first-order chi connectivity index (χ1) is 11.8. The third kappa shape index (κ3) is 6.94. The summed E-state index contributed by atoms with van der Waals surface area (Å²) >= 11 is 5.07. The number of hydrazine groups is 1. The Balaban J connectivity index is 1.65. The van der Waals surface area contributed by atoms with Crippen LogP contribution in [-0.4, -0.2) is 38.7 Å². The molecule has 1 aromatic rings. The van der Waals surface area contributed by atoms with Crippen molar-refractivity contribution in [3.05, 3.63) is 29.8 Å². The molecule has 5 N–H and O–H groups in total. The molecule has 1 saturated heterocycles. The van der Waals surface area contributed by atoms with Crippen LogP contribution in [0.5, 0.6) is 0 Å². The van der Waals surface area contributed by atoms with E-state index in [9.17, 15) is 13.2 Å². The fourth-order valence-electron chi connectivity index (χ4n) is 2.35. The van der Waals surface area contributed by atoms with Gasteiger partial charge in [-0.25, -0.2) is 13.6 Å². The van der Waals surface area contributed by atoms with Crippen molar-refractivity contribution in [1.82, 2.24) is 16.2 Å². The maximum absolute atomic E-state index is 11.8. The first-order valence-electron chi connectivity index (χ1n) is 7.90. The Labute approximate surface area is 152 Å². The zero-order valence-corrected chi connectivity index (χ0v) is 15.3. The van der Waals surface area contributed by atoms with Gasteiger partial charge in [-0.15, -0.1) is 0 Å². The van der Waals surface area contributed by atoms with Crippen molar-refractivity contribution < 1.29 is 17.9 Å². The smallest absolute Gasteiger partial charge is 0.238 e. The van der Waals surface area contributed by atoms with Crippen molar-refractivity contribution in [3.8, 4) is 0 Å². The first kappa shape index (κ1) is 19.6. The second-order valence-electron chi connectivity index (χ2n) is 5.71. The number of nitrogens with two attached hydrogens (primary N) is 1. The zero-order valence-electron chi connectivity index (χ0n) is 13.7. The molecule has 1 aliphatic rings. The number of hydrogen-bond donors (Lipinski definition) is 4. The molecule has 2 rings (SSSR count). The molecule has 0 bridgehead atoms. The van der Waals surface area contributed by atoms with Crippen molar-refractivity contribution in [3.63, 3.8) is 0 Å². The fourth-order valence-corrected chi connectivity index (χ4v) is 3.00. The Bertz CT molecular complexity index is 701. The minimum atomic E-state index is -3.70. The van der Waals surface area contributed by atoms with Crippen LogP contribution in [-0.2, 0) is 26.0 Å². The Morgan fingerprint density at radius 2 is 2.00 bits per heavy atom. The second kappa shape index (κ2) is 9.09. The average Bonchev–Trinajstić information content (AvgIpc) is 3.09. The summed E-state index contributed by atoms with van der Waals surface area (Å²) in [5.41, 5.74) is 5.99. The Morgan fingerprint density at radius 1 is 1.28 bits per heavy atom.